The zero-order chi connectivity index (χ0) is 27.5. The van der Waals surface area contributed by atoms with Crippen LogP contribution in [0.15, 0.2) is 42.5 Å². The lowest BCUT2D eigenvalue weighted by Crippen LogP contribution is -2.53. The van der Waals surface area contributed by atoms with Crippen molar-refractivity contribution in [1.82, 2.24) is 4.90 Å². The van der Waals surface area contributed by atoms with Gasteiger partial charge >= 0.3 is 6.18 Å². The number of alkyl halides is 3. The van der Waals surface area contributed by atoms with E-state index in [1.54, 1.807) is 17.0 Å². The molecule has 1 amide bonds. The third-order valence-corrected chi connectivity index (χ3v) is 10.2. The largest absolute Gasteiger partial charge is 0.491 e. The summed E-state index contributed by atoms with van der Waals surface area (Å²) in [6.45, 7) is 1.09. The summed E-state index contributed by atoms with van der Waals surface area (Å²) >= 11 is 0. The second kappa shape index (κ2) is 9.22. The highest BCUT2D eigenvalue weighted by atomic mass is 32.2. The molecule has 2 fully saturated rings. The Hall–Kier alpha value is -2.66. The number of carbonyl (C=O) groups is 1. The summed E-state index contributed by atoms with van der Waals surface area (Å²) in [7, 11) is -3.15. The smallest absolute Gasteiger partial charge is 0.421 e. The Morgan fingerprint density at radius 1 is 1.13 bits per heavy atom. The maximum atomic E-state index is 13.6. The first-order chi connectivity index (χ1) is 17.7. The van der Waals surface area contributed by atoms with E-state index in [4.69, 9.17) is 4.74 Å². The van der Waals surface area contributed by atoms with Crippen LogP contribution in [0.4, 0.5) is 17.6 Å². The van der Waals surface area contributed by atoms with Crippen LogP contribution in [0.1, 0.15) is 42.9 Å². The predicted molar refractivity (Wildman–Crippen MR) is 131 cm³/mol. The summed E-state index contributed by atoms with van der Waals surface area (Å²) in [5.41, 5.74) is -2.72. The molecule has 0 radical (unpaired) electrons. The molecule has 38 heavy (non-hydrogen) atoms. The molecule has 3 unspecified atom stereocenters. The van der Waals surface area contributed by atoms with Gasteiger partial charge in [-0.25, -0.2) is 12.8 Å². The molecule has 1 N–H and O–H groups in total. The van der Waals surface area contributed by atoms with E-state index in [1.807, 2.05) is 0 Å². The normalized spacial score (nSPS) is 26.7. The van der Waals surface area contributed by atoms with Crippen molar-refractivity contribution in [2.24, 2.45) is 5.92 Å². The summed E-state index contributed by atoms with van der Waals surface area (Å²) in [5.74, 6) is -0.832. The van der Waals surface area contributed by atoms with Crippen molar-refractivity contribution < 1.29 is 40.6 Å². The standard InChI is InChI=1S/C27H29F4NO5S/c1-25(34,27(29,30)31)19-4-7-21-22(14-19)37-16-23-26(21,15-17-2-5-20(28)6-3-17)10-11-32(23)24(33)18-8-12-38(35,36)13-9-18/h2-7,14,18,23,34H,8-13,15-16H2,1H3. The number of amides is 1. The third-order valence-electron chi connectivity index (χ3n) is 8.46. The lowest BCUT2D eigenvalue weighted by Gasteiger charge is -2.44. The van der Waals surface area contributed by atoms with E-state index in [1.165, 1.54) is 30.3 Å². The van der Waals surface area contributed by atoms with Gasteiger partial charge in [0.25, 0.3) is 0 Å². The molecule has 5 rings (SSSR count). The fourth-order valence-electron chi connectivity index (χ4n) is 6.10. The number of fused-ring (bicyclic) bond motifs is 3. The van der Waals surface area contributed by atoms with E-state index in [9.17, 15) is 35.9 Å². The van der Waals surface area contributed by atoms with E-state index in [-0.39, 0.29) is 48.2 Å². The van der Waals surface area contributed by atoms with Crippen LogP contribution in [-0.2, 0) is 32.1 Å². The third kappa shape index (κ3) is 4.57. The van der Waals surface area contributed by atoms with Gasteiger partial charge in [-0.2, -0.15) is 13.2 Å². The number of aliphatic hydroxyl groups is 1. The summed E-state index contributed by atoms with van der Waals surface area (Å²) in [5, 5.41) is 10.2. The number of benzene rings is 2. The van der Waals surface area contributed by atoms with Crippen LogP contribution in [0, 0.1) is 11.7 Å². The summed E-state index contributed by atoms with van der Waals surface area (Å²) in [4.78, 5) is 15.3. The SMILES string of the molecule is CC(O)(c1ccc2c(c1)OCC1N(C(=O)C3CCS(=O)(=O)CC3)CCC21Cc1ccc(F)cc1)C(F)(F)F. The summed E-state index contributed by atoms with van der Waals surface area (Å²) < 4.78 is 83.9. The molecule has 206 valence electrons. The molecule has 3 heterocycles. The van der Waals surface area contributed by atoms with E-state index in [0.717, 1.165) is 5.56 Å². The maximum absolute atomic E-state index is 13.6. The number of carbonyl (C=O) groups excluding carboxylic acids is 1. The van der Waals surface area contributed by atoms with Crippen LogP contribution in [0.3, 0.4) is 0 Å². The van der Waals surface area contributed by atoms with Gasteiger partial charge in [-0.3, -0.25) is 4.79 Å². The van der Waals surface area contributed by atoms with Crippen molar-refractivity contribution in [1.29, 1.82) is 0 Å². The Kier molecular flexibility index (Phi) is 6.53. The monoisotopic (exact) mass is 555 g/mol. The van der Waals surface area contributed by atoms with Crippen molar-refractivity contribution in [3.63, 3.8) is 0 Å². The second-order valence-electron chi connectivity index (χ2n) is 10.8. The molecule has 2 aromatic carbocycles. The molecule has 0 spiro atoms. The molecule has 2 aromatic rings. The quantitative estimate of drug-likeness (QED) is 0.579. The van der Waals surface area contributed by atoms with Crippen LogP contribution in [0.2, 0.25) is 0 Å². The first-order valence-corrected chi connectivity index (χ1v) is 14.4. The first kappa shape index (κ1) is 26.9. The highest BCUT2D eigenvalue weighted by Gasteiger charge is 2.56. The van der Waals surface area contributed by atoms with Gasteiger partial charge in [-0.05, 0) is 61.9 Å². The molecule has 2 saturated heterocycles. The second-order valence-corrected chi connectivity index (χ2v) is 13.1. The fraction of sp³-hybridized carbons (Fsp3) is 0.519. The first-order valence-electron chi connectivity index (χ1n) is 12.6. The van der Waals surface area contributed by atoms with Crippen molar-refractivity contribution in [3.8, 4) is 5.75 Å². The Morgan fingerprint density at radius 2 is 1.79 bits per heavy atom. The number of sulfone groups is 1. The van der Waals surface area contributed by atoms with Crippen molar-refractivity contribution in [3.05, 3.63) is 65.0 Å². The van der Waals surface area contributed by atoms with Gasteiger partial charge in [0.05, 0.1) is 17.5 Å². The summed E-state index contributed by atoms with van der Waals surface area (Å²) in [6.07, 6.45) is -3.50. The molecule has 0 aromatic heterocycles. The average molecular weight is 556 g/mol. The van der Waals surface area contributed by atoms with Crippen LogP contribution >= 0.6 is 0 Å². The number of ether oxygens (including phenoxy) is 1. The zero-order valence-corrected chi connectivity index (χ0v) is 21.6. The van der Waals surface area contributed by atoms with Gasteiger partial charge in [-0.15, -0.1) is 0 Å². The number of hydrogen-bond donors (Lipinski definition) is 1. The minimum absolute atomic E-state index is 0.0303. The topological polar surface area (TPSA) is 83.9 Å². The molecule has 0 saturated carbocycles. The van der Waals surface area contributed by atoms with Gasteiger partial charge in [0.15, 0.2) is 5.60 Å². The lowest BCUT2D eigenvalue weighted by molar-refractivity contribution is -0.258. The Balaban J connectivity index is 1.53. The fourth-order valence-corrected chi connectivity index (χ4v) is 7.59. The van der Waals surface area contributed by atoms with Crippen molar-refractivity contribution in [2.75, 3.05) is 24.7 Å². The molecule has 3 aliphatic heterocycles. The average Bonchev–Trinajstić information content (AvgIpc) is 3.23. The molecule has 6 nitrogen and oxygen atoms in total. The Morgan fingerprint density at radius 3 is 2.42 bits per heavy atom. The molecule has 3 aliphatic rings. The summed E-state index contributed by atoms with van der Waals surface area (Å²) in [6, 6.07) is 9.51. The van der Waals surface area contributed by atoms with Gasteiger partial charge in [0, 0.05) is 23.4 Å². The van der Waals surface area contributed by atoms with Gasteiger partial charge in [0.1, 0.15) is 28.0 Å². The molecular weight excluding hydrogens is 526 g/mol. The van der Waals surface area contributed by atoms with E-state index in [2.05, 4.69) is 0 Å². The number of rotatable bonds is 4. The number of nitrogens with zero attached hydrogens (tertiary/aromatic N) is 1. The lowest BCUT2D eigenvalue weighted by atomic mass is 9.68. The van der Waals surface area contributed by atoms with Crippen LogP contribution in [0.25, 0.3) is 0 Å². The van der Waals surface area contributed by atoms with Crippen molar-refractivity contribution in [2.45, 2.75) is 55.8 Å². The van der Waals surface area contributed by atoms with Gasteiger partial charge in [-0.1, -0.05) is 24.3 Å². The maximum Gasteiger partial charge on any atom is 0.421 e. The minimum atomic E-state index is -4.89. The Bertz CT molecular complexity index is 1330. The van der Waals surface area contributed by atoms with E-state index in [0.29, 0.717) is 31.9 Å². The van der Waals surface area contributed by atoms with E-state index >= 15 is 0 Å². The molecular formula is C27H29F4NO5S. The van der Waals surface area contributed by atoms with E-state index < -0.39 is 44.8 Å². The number of halogens is 4. The number of likely N-dealkylation sites (tertiary alicyclic amines) is 1. The molecule has 11 heteroatoms. The number of hydrogen-bond acceptors (Lipinski definition) is 5. The predicted octanol–water partition coefficient (Wildman–Crippen LogP) is 3.89. The van der Waals surface area contributed by atoms with Crippen LogP contribution in [0.5, 0.6) is 5.75 Å². The van der Waals surface area contributed by atoms with Crippen LogP contribution in [-0.4, -0.2) is 61.2 Å². The highest BCUT2D eigenvalue weighted by molar-refractivity contribution is 7.91. The van der Waals surface area contributed by atoms with Crippen molar-refractivity contribution >= 4 is 15.7 Å². The zero-order valence-electron chi connectivity index (χ0n) is 20.8. The minimum Gasteiger partial charge on any atom is -0.491 e. The molecule has 0 aliphatic carbocycles. The molecule has 0 bridgehead atoms. The highest BCUT2D eigenvalue weighted by Crippen LogP contribution is 2.51. The molecule has 3 atom stereocenters. The van der Waals surface area contributed by atoms with Gasteiger partial charge in [0.2, 0.25) is 5.91 Å². The van der Waals surface area contributed by atoms with Gasteiger partial charge < -0.3 is 14.7 Å². The Labute approximate surface area is 218 Å². The van der Waals surface area contributed by atoms with Crippen LogP contribution < -0.4 is 4.74 Å².